The predicted octanol–water partition coefficient (Wildman–Crippen LogP) is 3.93. The van der Waals surface area contributed by atoms with Gasteiger partial charge in [-0.1, -0.05) is 54.1 Å². The summed E-state index contributed by atoms with van der Waals surface area (Å²) in [5, 5.41) is 0. The number of rotatable bonds is 4. The number of amides is 2. The van der Waals surface area contributed by atoms with E-state index in [1.807, 2.05) is 43.3 Å². The molecule has 2 aliphatic rings. The summed E-state index contributed by atoms with van der Waals surface area (Å²) < 4.78 is 5.40. The highest BCUT2D eigenvalue weighted by atomic mass is 16.3. The van der Waals surface area contributed by atoms with Crippen LogP contribution in [0.15, 0.2) is 77.0 Å². The molecule has 1 aromatic heterocycles. The molecule has 0 fully saturated rings. The molecule has 5 rings (SSSR count). The minimum Gasteiger partial charge on any atom is -0.467 e. The molecule has 5 nitrogen and oxygen atoms in total. The van der Waals surface area contributed by atoms with Gasteiger partial charge in [-0.3, -0.25) is 14.5 Å². The molecule has 30 heavy (non-hydrogen) atoms. The summed E-state index contributed by atoms with van der Waals surface area (Å²) >= 11 is 0. The van der Waals surface area contributed by atoms with Crippen LogP contribution in [-0.2, 0) is 29.1 Å². The second-order valence-corrected chi connectivity index (χ2v) is 7.81. The van der Waals surface area contributed by atoms with Gasteiger partial charge in [0.1, 0.15) is 11.5 Å². The highest BCUT2D eigenvalue weighted by Gasteiger charge is 2.42. The van der Waals surface area contributed by atoms with Gasteiger partial charge < -0.3 is 9.32 Å². The lowest BCUT2D eigenvalue weighted by Gasteiger charge is -2.31. The fourth-order valence-electron chi connectivity index (χ4n) is 4.23. The van der Waals surface area contributed by atoms with Gasteiger partial charge in [0.15, 0.2) is 0 Å². The third-order valence-electron chi connectivity index (χ3n) is 5.82. The van der Waals surface area contributed by atoms with Crippen molar-refractivity contribution < 1.29 is 14.0 Å². The molecule has 0 N–H and O–H groups in total. The van der Waals surface area contributed by atoms with Crippen molar-refractivity contribution in [2.45, 2.75) is 26.4 Å². The standard InChI is InChI=1S/C25H22N2O3/c1-17-8-10-19(11-9-17)22-23(26-13-12-18-5-2-3-6-20(18)15-26)25(29)27(24(22)28)16-21-7-4-14-30-21/h2-11,14H,12-13,15-16H2,1H3. The Morgan fingerprint density at radius 3 is 2.40 bits per heavy atom. The fourth-order valence-corrected chi connectivity index (χ4v) is 4.23. The molecule has 0 radical (unpaired) electrons. The van der Waals surface area contributed by atoms with E-state index < -0.39 is 0 Å². The lowest BCUT2D eigenvalue weighted by molar-refractivity contribution is -0.138. The van der Waals surface area contributed by atoms with Crippen LogP contribution in [0.2, 0.25) is 0 Å². The Kier molecular flexibility index (Phi) is 4.51. The number of hydrogen-bond donors (Lipinski definition) is 0. The van der Waals surface area contributed by atoms with Crippen LogP contribution in [0.25, 0.3) is 5.57 Å². The van der Waals surface area contributed by atoms with E-state index in [0.29, 0.717) is 30.1 Å². The number of carbonyl (C=O) groups is 2. The fraction of sp³-hybridized carbons (Fsp3) is 0.200. The molecule has 3 heterocycles. The molecule has 150 valence electrons. The molecule has 2 amide bonds. The molecule has 0 saturated heterocycles. The molecule has 2 aliphatic heterocycles. The highest BCUT2D eigenvalue weighted by Crippen LogP contribution is 2.35. The van der Waals surface area contributed by atoms with Crippen molar-refractivity contribution in [2.24, 2.45) is 0 Å². The average Bonchev–Trinajstić information content (AvgIpc) is 3.36. The Bertz CT molecular complexity index is 1140. The molecule has 0 saturated carbocycles. The first-order valence-corrected chi connectivity index (χ1v) is 10.1. The monoisotopic (exact) mass is 398 g/mol. The number of furan rings is 1. The van der Waals surface area contributed by atoms with Gasteiger partial charge in [-0.25, -0.2) is 0 Å². The predicted molar refractivity (Wildman–Crippen MR) is 113 cm³/mol. The Morgan fingerprint density at radius 2 is 1.67 bits per heavy atom. The van der Waals surface area contributed by atoms with Crippen molar-refractivity contribution in [3.63, 3.8) is 0 Å². The van der Waals surface area contributed by atoms with Crippen LogP contribution in [0.1, 0.15) is 28.0 Å². The maximum atomic E-state index is 13.5. The van der Waals surface area contributed by atoms with E-state index in [1.54, 1.807) is 18.4 Å². The number of hydrogen-bond acceptors (Lipinski definition) is 4. The van der Waals surface area contributed by atoms with Gasteiger partial charge in [0, 0.05) is 13.1 Å². The normalized spacial score (nSPS) is 16.4. The Morgan fingerprint density at radius 1 is 0.900 bits per heavy atom. The lowest BCUT2D eigenvalue weighted by Crippen LogP contribution is -2.37. The van der Waals surface area contributed by atoms with Gasteiger partial charge in [0.25, 0.3) is 11.8 Å². The van der Waals surface area contributed by atoms with Gasteiger partial charge in [-0.15, -0.1) is 0 Å². The molecule has 0 spiro atoms. The Labute approximate surface area is 175 Å². The van der Waals surface area contributed by atoms with Gasteiger partial charge in [0.2, 0.25) is 0 Å². The Balaban J connectivity index is 1.57. The first kappa shape index (κ1) is 18.4. The number of benzene rings is 2. The molecule has 0 bridgehead atoms. The summed E-state index contributed by atoms with van der Waals surface area (Å²) in [6, 6.07) is 19.6. The summed E-state index contributed by atoms with van der Waals surface area (Å²) in [7, 11) is 0. The van der Waals surface area contributed by atoms with Crippen molar-refractivity contribution in [1.29, 1.82) is 0 Å². The average molecular weight is 398 g/mol. The molecule has 2 aromatic carbocycles. The lowest BCUT2D eigenvalue weighted by atomic mass is 9.97. The smallest absolute Gasteiger partial charge is 0.278 e. The highest BCUT2D eigenvalue weighted by molar-refractivity contribution is 6.35. The van der Waals surface area contributed by atoms with E-state index in [2.05, 4.69) is 17.0 Å². The van der Waals surface area contributed by atoms with Crippen LogP contribution < -0.4 is 0 Å². The second kappa shape index (κ2) is 7.34. The van der Waals surface area contributed by atoms with Crippen LogP contribution in [0.5, 0.6) is 0 Å². The maximum absolute atomic E-state index is 13.5. The topological polar surface area (TPSA) is 53.8 Å². The molecule has 0 aliphatic carbocycles. The molecule has 3 aromatic rings. The van der Waals surface area contributed by atoms with Crippen LogP contribution >= 0.6 is 0 Å². The van der Waals surface area contributed by atoms with Crippen molar-refractivity contribution in [2.75, 3.05) is 6.54 Å². The third-order valence-corrected chi connectivity index (χ3v) is 5.82. The molecule has 5 heteroatoms. The summed E-state index contributed by atoms with van der Waals surface area (Å²) in [5.74, 6) is 0.0608. The maximum Gasteiger partial charge on any atom is 0.278 e. The van der Waals surface area contributed by atoms with E-state index in [-0.39, 0.29) is 18.4 Å². The SMILES string of the molecule is Cc1ccc(C2=C(N3CCc4ccccc4C3)C(=O)N(Cc3ccco3)C2=O)cc1. The number of nitrogens with zero attached hydrogens (tertiary/aromatic N) is 2. The minimum absolute atomic E-state index is 0.133. The quantitative estimate of drug-likeness (QED) is 0.625. The number of aryl methyl sites for hydroxylation is 1. The molecule has 0 unspecified atom stereocenters. The van der Waals surface area contributed by atoms with Crippen molar-refractivity contribution >= 4 is 17.4 Å². The van der Waals surface area contributed by atoms with Gasteiger partial charge >= 0.3 is 0 Å². The number of imide groups is 1. The first-order chi connectivity index (χ1) is 14.6. The summed E-state index contributed by atoms with van der Waals surface area (Å²) in [6.07, 6.45) is 2.40. The summed E-state index contributed by atoms with van der Waals surface area (Å²) in [5.41, 5.74) is 5.35. The molecular formula is C25H22N2O3. The zero-order chi connectivity index (χ0) is 20.7. The van der Waals surface area contributed by atoms with Crippen LogP contribution in [-0.4, -0.2) is 28.2 Å². The van der Waals surface area contributed by atoms with Crippen LogP contribution in [0, 0.1) is 6.92 Å². The summed E-state index contributed by atoms with van der Waals surface area (Å²) in [4.78, 5) is 30.2. The van der Waals surface area contributed by atoms with Crippen molar-refractivity contribution in [3.8, 4) is 0 Å². The second-order valence-electron chi connectivity index (χ2n) is 7.81. The van der Waals surface area contributed by atoms with Gasteiger partial charge in [-0.05, 0) is 42.2 Å². The zero-order valence-electron chi connectivity index (χ0n) is 16.8. The molecular weight excluding hydrogens is 376 g/mol. The largest absolute Gasteiger partial charge is 0.467 e. The van der Waals surface area contributed by atoms with Gasteiger partial charge in [-0.2, -0.15) is 0 Å². The van der Waals surface area contributed by atoms with Crippen molar-refractivity contribution in [1.82, 2.24) is 9.80 Å². The van der Waals surface area contributed by atoms with E-state index >= 15 is 0 Å². The van der Waals surface area contributed by atoms with Crippen LogP contribution in [0.3, 0.4) is 0 Å². The molecule has 0 atom stereocenters. The van der Waals surface area contributed by atoms with Crippen molar-refractivity contribution in [3.05, 3.63) is 101 Å². The number of carbonyl (C=O) groups excluding carboxylic acids is 2. The zero-order valence-corrected chi connectivity index (χ0v) is 16.8. The minimum atomic E-state index is -0.269. The van der Waals surface area contributed by atoms with E-state index in [9.17, 15) is 9.59 Å². The third kappa shape index (κ3) is 3.12. The Hall–Kier alpha value is -3.60. The van der Waals surface area contributed by atoms with E-state index in [4.69, 9.17) is 4.42 Å². The van der Waals surface area contributed by atoms with E-state index in [0.717, 1.165) is 17.5 Å². The summed E-state index contributed by atoms with van der Waals surface area (Å²) in [6.45, 7) is 3.46. The van der Waals surface area contributed by atoms with Gasteiger partial charge in [0.05, 0.1) is 18.4 Å². The van der Waals surface area contributed by atoms with E-state index in [1.165, 1.54) is 16.0 Å². The first-order valence-electron chi connectivity index (χ1n) is 10.1. The van der Waals surface area contributed by atoms with Crippen LogP contribution in [0.4, 0.5) is 0 Å². The number of fused-ring (bicyclic) bond motifs is 1.